The van der Waals surface area contributed by atoms with Crippen LogP contribution < -0.4 is 15.5 Å². The topological polar surface area (TPSA) is 90.3 Å². The predicted octanol–water partition coefficient (Wildman–Crippen LogP) is 0.788. The Hall–Kier alpha value is -2.69. The second-order valence-corrected chi connectivity index (χ2v) is 6.85. The molecule has 7 heteroatoms. The molecule has 0 radical (unpaired) electrons. The predicted molar refractivity (Wildman–Crippen MR) is 97.8 cm³/mol. The fraction of sp³-hybridized carbons (Fsp3) is 0.421. The van der Waals surface area contributed by atoms with Gasteiger partial charge in [-0.3, -0.25) is 9.78 Å². The highest BCUT2D eigenvalue weighted by atomic mass is 16.5. The number of morpholine rings is 1. The van der Waals surface area contributed by atoms with Gasteiger partial charge in [-0.05, 0) is 31.2 Å². The van der Waals surface area contributed by atoms with Crippen molar-refractivity contribution in [1.29, 1.82) is 5.26 Å². The average molecular weight is 351 g/mol. The van der Waals surface area contributed by atoms with Crippen LogP contribution in [0.4, 0.5) is 5.69 Å². The number of carbonyl (C=O) groups is 1. The molecular formula is C19H21N5O2. The molecule has 2 aromatic rings. The van der Waals surface area contributed by atoms with E-state index in [1.807, 2.05) is 25.1 Å². The van der Waals surface area contributed by atoms with Crippen LogP contribution in [0.1, 0.15) is 12.5 Å². The molecule has 1 amide bonds. The Morgan fingerprint density at radius 3 is 2.96 bits per heavy atom. The third-order valence-electron chi connectivity index (χ3n) is 4.89. The van der Waals surface area contributed by atoms with Crippen LogP contribution in [0.3, 0.4) is 0 Å². The molecule has 1 aromatic carbocycles. The lowest BCUT2D eigenvalue weighted by Gasteiger charge is -2.39. The average Bonchev–Trinajstić information content (AvgIpc) is 2.63. The summed E-state index contributed by atoms with van der Waals surface area (Å²) in [6, 6.07) is 9.95. The van der Waals surface area contributed by atoms with Crippen molar-refractivity contribution in [2.75, 3.05) is 31.1 Å². The maximum Gasteiger partial charge on any atom is 0.251 e. The molecule has 134 valence electrons. The van der Waals surface area contributed by atoms with Crippen LogP contribution >= 0.6 is 0 Å². The molecular weight excluding hydrogens is 330 g/mol. The van der Waals surface area contributed by atoms with E-state index in [-0.39, 0.29) is 18.1 Å². The van der Waals surface area contributed by atoms with Crippen molar-refractivity contribution < 1.29 is 9.53 Å². The Balaban J connectivity index is 1.61. The molecule has 3 heterocycles. The first-order valence-electron chi connectivity index (χ1n) is 8.85. The highest BCUT2D eigenvalue weighted by molar-refractivity contribution is 5.95. The minimum absolute atomic E-state index is 0.0656. The first-order valence-corrected chi connectivity index (χ1v) is 8.85. The van der Waals surface area contributed by atoms with Gasteiger partial charge in [0.05, 0.1) is 29.8 Å². The van der Waals surface area contributed by atoms with Crippen molar-refractivity contribution in [2.45, 2.75) is 25.2 Å². The molecule has 2 fully saturated rings. The Labute approximate surface area is 151 Å². The smallest absolute Gasteiger partial charge is 0.251 e. The number of rotatable bonds is 3. The summed E-state index contributed by atoms with van der Waals surface area (Å²) in [5.41, 5.74) is 2.22. The van der Waals surface area contributed by atoms with Gasteiger partial charge < -0.3 is 20.3 Å². The number of hydrogen-bond acceptors (Lipinski definition) is 6. The van der Waals surface area contributed by atoms with Crippen LogP contribution in [0.2, 0.25) is 0 Å². The summed E-state index contributed by atoms with van der Waals surface area (Å²) < 4.78 is 5.88. The molecule has 2 aliphatic rings. The summed E-state index contributed by atoms with van der Waals surface area (Å²) >= 11 is 0. The number of aromatic nitrogens is 1. The molecule has 4 rings (SSSR count). The van der Waals surface area contributed by atoms with E-state index in [0.717, 1.165) is 24.2 Å². The molecule has 2 unspecified atom stereocenters. The van der Waals surface area contributed by atoms with E-state index >= 15 is 0 Å². The highest BCUT2D eigenvalue weighted by Gasteiger charge is 2.33. The number of carbonyl (C=O) groups excluding carboxylic acids is 1. The van der Waals surface area contributed by atoms with Gasteiger partial charge in [0.1, 0.15) is 6.07 Å². The Bertz CT molecular complexity index is 874. The number of ether oxygens (including phenoxy) is 1. The Morgan fingerprint density at radius 1 is 1.38 bits per heavy atom. The van der Waals surface area contributed by atoms with Gasteiger partial charge >= 0.3 is 0 Å². The van der Waals surface area contributed by atoms with E-state index in [4.69, 9.17) is 4.74 Å². The lowest BCUT2D eigenvalue weighted by molar-refractivity contribution is -0.138. The number of fused-ring (bicyclic) bond motifs is 1. The van der Waals surface area contributed by atoms with Crippen LogP contribution in [0.25, 0.3) is 10.9 Å². The van der Waals surface area contributed by atoms with Crippen LogP contribution in [0.15, 0.2) is 30.5 Å². The van der Waals surface area contributed by atoms with Gasteiger partial charge in [-0.1, -0.05) is 0 Å². The van der Waals surface area contributed by atoms with E-state index < -0.39 is 6.10 Å². The number of pyridine rings is 1. The molecule has 7 nitrogen and oxygen atoms in total. The maximum absolute atomic E-state index is 12.5. The molecule has 26 heavy (non-hydrogen) atoms. The second-order valence-electron chi connectivity index (χ2n) is 6.85. The Morgan fingerprint density at radius 2 is 2.23 bits per heavy atom. The van der Waals surface area contributed by atoms with Crippen LogP contribution in [0, 0.1) is 11.3 Å². The normalized spacial score (nSPS) is 23.3. The molecule has 2 saturated heterocycles. The lowest BCUT2D eigenvalue weighted by atomic mass is 10.1. The minimum atomic E-state index is -0.512. The number of benzene rings is 1. The van der Waals surface area contributed by atoms with E-state index in [1.54, 1.807) is 12.3 Å². The molecule has 0 saturated carbocycles. The summed E-state index contributed by atoms with van der Waals surface area (Å²) in [7, 11) is 0. The Kier molecular flexibility index (Phi) is 4.45. The van der Waals surface area contributed by atoms with E-state index in [2.05, 4.69) is 26.6 Å². The number of amides is 1. The highest BCUT2D eigenvalue weighted by Crippen LogP contribution is 2.30. The summed E-state index contributed by atoms with van der Waals surface area (Å²) in [5, 5.41) is 16.4. The van der Waals surface area contributed by atoms with Gasteiger partial charge in [0.2, 0.25) is 0 Å². The van der Waals surface area contributed by atoms with E-state index in [1.165, 1.54) is 0 Å². The largest absolute Gasteiger partial charge is 0.365 e. The molecule has 0 aliphatic carbocycles. The number of anilines is 1. The van der Waals surface area contributed by atoms with Gasteiger partial charge in [-0.15, -0.1) is 0 Å². The van der Waals surface area contributed by atoms with Gasteiger partial charge in [0.15, 0.2) is 6.10 Å². The third kappa shape index (κ3) is 3.09. The zero-order valence-corrected chi connectivity index (χ0v) is 14.6. The molecule has 1 aromatic heterocycles. The van der Waals surface area contributed by atoms with Crippen molar-refractivity contribution in [1.82, 2.24) is 15.6 Å². The maximum atomic E-state index is 12.5. The van der Waals surface area contributed by atoms with Crippen LogP contribution in [0.5, 0.6) is 0 Å². The number of hydrogen-bond donors (Lipinski definition) is 2. The summed E-state index contributed by atoms with van der Waals surface area (Å²) in [5.74, 6) is -0.0656. The summed E-state index contributed by atoms with van der Waals surface area (Å²) in [4.78, 5) is 19.1. The van der Waals surface area contributed by atoms with Crippen LogP contribution in [-0.2, 0) is 9.53 Å². The SMILES string of the molecule is CC1CN(c2ccc(C#N)c3ncccc23)CC(C(=O)NC2CNC2)O1. The van der Waals surface area contributed by atoms with Crippen molar-refractivity contribution in [3.05, 3.63) is 36.0 Å². The monoisotopic (exact) mass is 351 g/mol. The molecule has 0 bridgehead atoms. The van der Waals surface area contributed by atoms with Gasteiger partial charge in [0.25, 0.3) is 5.91 Å². The quantitative estimate of drug-likeness (QED) is 0.850. The van der Waals surface area contributed by atoms with Crippen molar-refractivity contribution >= 4 is 22.5 Å². The standard InChI is InChI=1S/C19H21N5O2/c1-12-10-24(11-17(26-12)19(25)23-14-8-21-9-14)16-5-4-13(7-20)18-15(16)3-2-6-22-18/h2-6,12,14,17,21H,8-11H2,1H3,(H,23,25). The van der Waals surface area contributed by atoms with E-state index in [9.17, 15) is 10.1 Å². The van der Waals surface area contributed by atoms with Crippen molar-refractivity contribution in [2.24, 2.45) is 0 Å². The number of nitriles is 1. The zero-order chi connectivity index (χ0) is 18.1. The summed E-state index contributed by atoms with van der Waals surface area (Å²) in [6.07, 6.45) is 1.11. The molecule has 2 N–H and O–H groups in total. The first kappa shape index (κ1) is 16.8. The first-order chi connectivity index (χ1) is 12.7. The van der Waals surface area contributed by atoms with Crippen molar-refractivity contribution in [3.63, 3.8) is 0 Å². The molecule has 2 atom stereocenters. The molecule has 2 aliphatic heterocycles. The zero-order valence-electron chi connectivity index (χ0n) is 14.6. The third-order valence-corrected chi connectivity index (χ3v) is 4.89. The van der Waals surface area contributed by atoms with Crippen molar-refractivity contribution in [3.8, 4) is 6.07 Å². The lowest BCUT2D eigenvalue weighted by Crippen LogP contribution is -2.61. The van der Waals surface area contributed by atoms with Gasteiger partial charge in [-0.2, -0.15) is 5.26 Å². The number of nitrogens with one attached hydrogen (secondary N) is 2. The fourth-order valence-corrected chi connectivity index (χ4v) is 3.50. The summed E-state index contributed by atoms with van der Waals surface area (Å²) in [6.45, 7) is 4.76. The molecule has 0 spiro atoms. The van der Waals surface area contributed by atoms with Crippen LogP contribution in [-0.4, -0.2) is 55.3 Å². The van der Waals surface area contributed by atoms with Gasteiger partial charge in [0, 0.05) is 36.9 Å². The fourth-order valence-electron chi connectivity index (χ4n) is 3.50. The van der Waals surface area contributed by atoms with Gasteiger partial charge in [-0.25, -0.2) is 0 Å². The number of nitrogens with zero attached hydrogens (tertiary/aromatic N) is 3. The second kappa shape index (κ2) is 6.90. The minimum Gasteiger partial charge on any atom is -0.365 e. The van der Waals surface area contributed by atoms with E-state index in [0.29, 0.717) is 24.2 Å².